The van der Waals surface area contributed by atoms with E-state index in [9.17, 15) is 10.5 Å². The molecule has 0 N–H and O–H groups in total. The van der Waals surface area contributed by atoms with E-state index in [1.807, 2.05) is 18.2 Å². The molecule has 1 fully saturated rings. The minimum atomic E-state index is 0.0232. The van der Waals surface area contributed by atoms with Gasteiger partial charge in [0.15, 0.2) is 0 Å². The van der Waals surface area contributed by atoms with Crippen molar-refractivity contribution in [3.05, 3.63) is 28.2 Å². The molecule has 0 aromatic heterocycles. The SMILES string of the molecule is CCCC(C#N)N1CCN(c2cccc(Br)c2C#N)CC1. The molecule has 1 heterocycles. The summed E-state index contributed by atoms with van der Waals surface area (Å²) in [5.41, 5.74) is 1.67. The van der Waals surface area contributed by atoms with Crippen molar-refractivity contribution >= 4 is 21.6 Å². The predicted octanol–water partition coefficient (Wildman–Crippen LogP) is 3.14. The standard InChI is InChI=1S/C16H19BrN4/c1-2-4-13(11-18)20-7-9-21(10-8-20)16-6-3-5-15(17)14(16)12-19/h3,5-6,13H,2,4,7-10H2,1H3. The molecule has 0 saturated carbocycles. The number of piperazine rings is 1. The molecule has 5 heteroatoms. The molecule has 0 amide bonds. The molecule has 1 aromatic carbocycles. The molecule has 0 spiro atoms. The molecule has 110 valence electrons. The van der Waals surface area contributed by atoms with Gasteiger partial charge in [-0.05, 0) is 34.5 Å². The van der Waals surface area contributed by atoms with Crippen LogP contribution in [0.15, 0.2) is 22.7 Å². The van der Waals surface area contributed by atoms with E-state index in [0.29, 0.717) is 5.56 Å². The van der Waals surface area contributed by atoms with E-state index in [0.717, 1.165) is 49.2 Å². The molecule has 1 aliphatic heterocycles. The summed E-state index contributed by atoms with van der Waals surface area (Å²) in [4.78, 5) is 4.49. The number of nitrogens with zero attached hydrogens (tertiary/aromatic N) is 4. The predicted molar refractivity (Wildman–Crippen MR) is 87.0 cm³/mol. The van der Waals surface area contributed by atoms with Gasteiger partial charge in [0.05, 0.1) is 23.4 Å². The summed E-state index contributed by atoms with van der Waals surface area (Å²) in [6, 6.07) is 10.5. The fourth-order valence-corrected chi connectivity index (χ4v) is 3.21. The molecule has 0 radical (unpaired) electrons. The molecule has 0 aliphatic carbocycles. The average Bonchev–Trinajstić information content (AvgIpc) is 2.52. The number of hydrogen-bond donors (Lipinski definition) is 0. The summed E-state index contributed by atoms with van der Waals surface area (Å²) in [6.07, 6.45) is 1.96. The van der Waals surface area contributed by atoms with Crippen LogP contribution in [0.4, 0.5) is 5.69 Å². The van der Waals surface area contributed by atoms with Crippen LogP contribution in [-0.2, 0) is 0 Å². The highest BCUT2D eigenvalue weighted by Crippen LogP contribution is 2.28. The molecule has 4 nitrogen and oxygen atoms in total. The smallest absolute Gasteiger partial charge is 0.103 e. The number of anilines is 1. The lowest BCUT2D eigenvalue weighted by atomic mass is 10.1. The first-order chi connectivity index (χ1) is 10.2. The van der Waals surface area contributed by atoms with Crippen LogP contribution in [0, 0.1) is 22.7 Å². The van der Waals surface area contributed by atoms with Crippen LogP contribution >= 0.6 is 15.9 Å². The zero-order chi connectivity index (χ0) is 15.2. The molecule has 1 atom stereocenters. The minimum absolute atomic E-state index is 0.0232. The van der Waals surface area contributed by atoms with E-state index in [1.165, 1.54) is 0 Å². The summed E-state index contributed by atoms with van der Waals surface area (Å²) in [6.45, 7) is 5.56. The van der Waals surface area contributed by atoms with Crippen LogP contribution in [0.1, 0.15) is 25.3 Å². The first kappa shape index (κ1) is 15.8. The van der Waals surface area contributed by atoms with Crippen LogP contribution in [-0.4, -0.2) is 37.1 Å². The lowest BCUT2D eigenvalue weighted by molar-refractivity contribution is 0.211. The Morgan fingerprint density at radius 3 is 2.52 bits per heavy atom. The zero-order valence-electron chi connectivity index (χ0n) is 12.2. The van der Waals surface area contributed by atoms with Crippen molar-refractivity contribution in [1.82, 2.24) is 4.90 Å². The van der Waals surface area contributed by atoms with Gasteiger partial charge in [0.1, 0.15) is 6.07 Å². The first-order valence-electron chi connectivity index (χ1n) is 7.28. The molecule has 2 rings (SSSR count). The van der Waals surface area contributed by atoms with Gasteiger partial charge >= 0.3 is 0 Å². The van der Waals surface area contributed by atoms with E-state index in [-0.39, 0.29) is 6.04 Å². The Morgan fingerprint density at radius 2 is 1.95 bits per heavy atom. The van der Waals surface area contributed by atoms with Crippen molar-refractivity contribution in [2.24, 2.45) is 0 Å². The summed E-state index contributed by atoms with van der Waals surface area (Å²) < 4.78 is 0.839. The molecule has 1 aliphatic rings. The molecule has 1 saturated heterocycles. The van der Waals surface area contributed by atoms with Crippen molar-refractivity contribution in [3.63, 3.8) is 0 Å². The van der Waals surface area contributed by atoms with Gasteiger partial charge in [-0.1, -0.05) is 19.4 Å². The van der Waals surface area contributed by atoms with E-state index in [1.54, 1.807) is 0 Å². The van der Waals surface area contributed by atoms with Crippen LogP contribution in [0.5, 0.6) is 0 Å². The zero-order valence-corrected chi connectivity index (χ0v) is 13.8. The van der Waals surface area contributed by atoms with Gasteiger partial charge in [0.25, 0.3) is 0 Å². The van der Waals surface area contributed by atoms with Crippen LogP contribution in [0.3, 0.4) is 0 Å². The maximum absolute atomic E-state index is 9.32. The Bertz CT molecular complexity index is 565. The van der Waals surface area contributed by atoms with Gasteiger partial charge in [-0.25, -0.2) is 0 Å². The van der Waals surface area contributed by atoms with Crippen molar-refractivity contribution in [2.45, 2.75) is 25.8 Å². The highest BCUT2D eigenvalue weighted by atomic mass is 79.9. The maximum Gasteiger partial charge on any atom is 0.103 e. The number of rotatable bonds is 4. The first-order valence-corrected chi connectivity index (χ1v) is 8.07. The van der Waals surface area contributed by atoms with E-state index < -0.39 is 0 Å². The summed E-state index contributed by atoms with van der Waals surface area (Å²) in [7, 11) is 0. The van der Waals surface area contributed by atoms with Crippen molar-refractivity contribution in [2.75, 3.05) is 31.1 Å². The fourth-order valence-electron chi connectivity index (χ4n) is 2.76. The highest BCUT2D eigenvalue weighted by Gasteiger charge is 2.24. The molecule has 0 bridgehead atoms. The second-order valence-corrected chi connectivity index (χ2v) is 6.06. The van der Waals surface area contributed by atoms with Gasteiger partial charge < -0.3 is 4.90 Å². The van der Waals surface area contributed by atoms with Gasteiger partial charge in [0, 0.05) is 30.7 Å². The van der Waals surface area contributed by atoms with Crippen LogP contribution < -0.4 is 4.90 Å². The number of halogens is 1. The summed E-state index contributed by atoms with van der Waals surface area (Å²) in [5.74, 6) is 0. The number of nitriles is 2. The normalized spacial score (nSPS) is 17.0. The second kappa shape index (κ2) is 7.45. The van der Waals surface area contributed by atoms with Crippen LogP contribution in [0.2, 0.25) is 0 Å². The van der Waals surface area contributed by atoms with E-state index in [4.69, 9.17) is 0 Å². The summed E-state index contributed by atoms with van der Waals surface area (Å²) in [5, 5.41) is 18.6. The third-order valence-electron chi connectivity index (χ3n) is 3.91. The molecule has 21 heavy (non-hydrogen) atoms. The molecular formula is C16H19BrN4. The van der Waals surface area contributed by atoms with Gasteiger partial charge in [-0.2, -0.15) is 10.5 Å². The number of hydrogen-bond acceptors (Lipinski definition) is 4. The quantitative estimate of drug-likeness (QED) is 0.840. The third kappa shape index (κ3) is 3.56. The van der Waals surface area contributed by atoms with E-state index in [2.05, 4.69) is 44.8 Å². The Kier molecular flexibility index (Phi) is 5.61. The Balaban J connectivity index is 2.07. The Morgan fingerprint density at radius 1 is 1.24 bits per heavy atom. The highest BCUT2D eigenvalue weighted by molar-refractivity contribution is 9.10. The molecule has 1 unspecified atom stereocenters. The lowest BCUT2D eigenvalue weighted by Crippen LogP contribution is -2.50. The average molecular weight is 347 g/mol. The third-order valence-corrected chi connectivity index (χ3v) is 4.57. The topological polar surface area (TPSA) is 54.1 Å². The van der Waals surface area contributed by atoms with Crippen molar-refractivity contribution in [3.8, 4) is 12.1 Å². The van der Waals surface area contributed by atoms with Gasteiger partial charge in [0.2, 0.25) is 0 Å². The van der Waals surface area contributed by atoms with Gasteiger partial charge in [-0.3, -0.25) is 4.90 Å². The second-order valence-electron chi connectivity index (χ2n) is 5.20. The Labute approximate surface area is 134 Å². The summed E-state index contributed by atoms with van der Waals surface area (Å²) >= 11 is 3.44. The lowest BCUT2D eigenvalue weighted by Gasteiger charge is -2.38. The van der Waals surface area contributed by atoms with Crippen molar-refractivity contribution in [1.29, 1.82) is 10.5 Å². The monoisotopic (exact) mass is 346 g/mol. The maximum atomic E-state index is 9.32. The Hall–Kier alpha value is -1.56. The van der Waals surface area contributed by atoms with Crippen LogP contribution in [0.25, 0.3) is 0 Å². The fraction of sp³-hybridized carbons (Fsp3) is 0.500. The minimum Gasteiger partial charge on any atom is -0.368 e. The largest absolute Gasteiger partial charge is 0.368 e. The van der Waals surface area contributed by atoms with Gasteiger partial charge in [-0.15, -0.1) is 0 Å². The van der Waals surface area contributed by atoms with E-state index >= 15 is 0 Å². The molecule has 1 aromatic rings. The number of benzene rings is 1. The van der Waals surface area contributed by atoms with Crippen molar-refractivity contribution < 1.29 is 0 Å². The molecular weight excluding hydrogens is 328 g/mol.